The van der Waals surface area contributed by atoms with Crippen molar-refractivity contribution in [2.45, 2.75) is 26.2 Å². The van der Waals surface area contributed by atoms with Crippen LogP contribution in [0.15, 0.2) is 17.5 Å². The number of hydrogen-bond acceptors (Lipinski definition) is 3. The lowest BCUT2D eigenvalue weighted by atomic mass is 9.94. The van der Waals surface area contributed by atoms with E-state index in [2.05, 4.69) is 17.5 Å². The van der Waals surface area contributed by atoms with Crippen LogP contribution in [0.25, 0.3) is 0 Å². The summed E-state index contributed by atoms with van der Waals surface area (Å²) in [5.41, 5.74) is 0. The quantitative estimate of drug-likeness (QED) is 0.844. The number of rotatable bonds is 4. The first-order valence-corrected chi connectivity index (χ1v) is 8.61. The third-order valence-electron chi connectivity index (χ3n) is 3.40. The molecule has 0 unspecified atom stereocenters. The highest BCUT2D eigenvalue weighted by Gasteiger charge is 2.26. The molecule has 0 saturated carbocycles. The summed E-state index contributed by atoms with van der Waals surface area (Å²) in [6.07, 6.45) is 3.10. The summed E-state index contributed by atoms with van der Waals surface area (Å²) in [5.74, 6) is 0.875. The Bertz CT molecular complexity index is 431. The van der Waals surface area contributed by atoms with Gasteiger partial charge < -0.3 is 0 Å². The summed E-state index contributed by atoms with van der Waals surface area (Å²) in [6.45, 7) is 3.12. The van der Waals surface area contributed by atoms with Crippen LogP contribution in [-0.2, 0) is 16.4 Å². The zero-order valence-electron chi connectivity index (χ0n) is 10.1. The predicted octanol–water partition coefficient (Wildman–Crippen LogP) is 2.35. The van der Waals surface area contributed by atoms with Gasteiger partial charge in [-0.15, -0.1) is 11.3 Å². The van der Waals surface area contributed by atoms with Crippen LogP contribution in [0, 0.1) is 5.92 Å². The molecule has 96 valence electrons. The van der Waals surface area contributed by atoms with Gasteiger partial charge >= 0.3 is 0 Å². The molecule has 0 spiro atoms. The number of hydrogen-bond donors (Lipinski definition) is 0. The van der Waals surface area contributed by atoms with E-state index in [1.807, 2.05) is 0 Å². The van der Waals surface area contributed by atoms with E-state index in [1.54, 1.807) is 22.6 Å². The molecule has 0 aliphatic carbocycles. The van der Waals surface area contributed by atoms with Crippen molar-refractivity contribution in [2.75, 3.05) is 18.8 Å². The highest BCUT2D eigenvalue weighted by molar-refractivity contribution is 7.89. The van der Waals surface area contributed by atoms with Crippen molar-refractivity contribution in [2.24, 2.45) is 5.92 Å². The van der Waals surface area contributed by atoms with Crippen LogP contribution in [0.4, 0.5) is 0 Å². The molecule has 1 saturated heterocycles. The third kappa shape index (κ3) is 3.30. The van der Waals surface area contributed by atoms with Crippen molar-refractivity contribution < 1.29 is 8.42 Å². The van der Waals surface area contributed by atoms with E-state index in [9.17, 15) is 8.42 Å². The summed E-state index contributed by atoms with van der Waals surface area (Å²) in [4.78, 5) is 1.42. The summed E-state index contributed by atoms with van der Waals surface area (Å²) < 4.78 is 25.1. The molecular weight excluding hydrogens is 254 g/mol. The Morgan fingerprint density at radius 2 is 2.12 bits per heavy atom. The number of nitrogens with zero attached hydrogens (tertiary/aromatic N) is 1. The molecule has 0 N–H and O–H groups in total. The first-order chi connectivity index (χ1) is 8.12. The molecule has 0 bridgehead atoms. The van der Waals surface area contributed by atoms with Crippen LogP contribution in [0.2, 0.25) is 0 Å². The Hall–Kier alpha value is -0.390. The van der Waals surface area contributed by atoms with Crippen molar-refractivity contribution in [3.8, 4) is 0 Å². The van der Waals surface area contributed by atoms with Gasteiger partial charge in [-0.3, -0.25) is 0 Å². The summed E-state index contributed by atoms with van der Waals surface area (Å²) in [7, 11) is -2.97. The van der Waals surface area contributed by atoms with Crippen molar-refractivity contribution >= 4 is 21.4 Å². The van der Waals surface area contributed by atoms with Crippen LogP contribution in [-0.4, -0.2) is 31.6 Å². The van der Waals surface area contributed by atoms with Crippen LogP contribution < -0.4 is 0 Å². The molecule has 1 fully saturated rings. The summed E-state index contributed by atoms with van der Waals surface area (Å²) in [5, 5.41) is 2.10. The normalized spacial score (nSPS) is 19.6. The van der Waals surface area contributed by atoms with Gasteiger partial charge in [0.1, 0.15) is 0 Å². The molecule has 3 nitrogen and oxygen atoms in total. The monoisotopic (exact) mass is 273 g/mol. The molecule has 17 heavy (non-hydrogen) atoms. The van der Waals surface area contributed by atoms with Crippen molar-refractivity contribution in [1.82, 2.24) is 4.31 Å². The lowest BCUT2D eigenvalue weighted by Gasteiger charge is -2.30. The van der Waals surface area contributed by atoms with E-state index < -0.39 is 10.0 Å². The number of sulfonamides is 1. The standard InChI is InChI=1S/C12H19NO2S2/c1-2-17(14,15)13-7-5-11(6-8-13)10-12-4-3-9-16-12/h3-4,9,11H,2,5-8,10H2,1H3. The Kier molecular flexibility index (Phi) is 4.22. The second-order valence-corrected chi connectivity index (χ2v) is 7.82. The molecule has 0 atom stereocenters. The average molecular weight is 273 g/mol. The minimum Gasteiger partial charge on any atom is -0.212 e. The van der Waals surface area contributed by atoms with Gasteiger partial charge in [-0.1, -0.05) is 6.07 Å². The van der Waals surface area contributed by atoms with Crippen LogP contribution in [0.3, 0.4) is 0 Å². The van der Waals surface area contributed by atoms with E-state index in [4.69, 9.17) is 0 Å². The first kappa shape index (κ1) is 13.1. The van der Waals surface area contributed by atoms with Crippen LogP contribution in [0.1, 0.15) is 24.6 Å². The zero-order valence-corrected chi connectivity index (χ0v) is 11.8. The van der Waals surface area contributed by atoms with E-state index in [0.29, 0.717) is 19.0 Å². The van der Waals surface area contributed by atoms with Crippen molar-refractivity contribution in [3.63, 3.8) is 0 Å². The maximum atomic E-state index is 11.7. The molecule has 1 aliphatic heterocycles. The molecule has 1 aliphatic rings. The minimum atomic E-state index is -2.97. The number of piperidine rings is 1. The molecule has 0 radical (unpaired) electrons. The lowest BCUT2D eigenvalue weighted by molar-refractivity contribution is 0.274. The van der Waals surface area contributed by atoms with Gasteiger partial charge in [-0.2, -0.15) is 0 Å². The largest absolute Gasteiger partial charge is 0.213 e. The second kappa shape index (κ2) is 5.50. The van der Waals surface area contributed by atoms with Gasteiger partial charge in [0.05, 0.1) is 5.75 Å². The zero-order chi connectivity index (χ0) is 12.3. The lowest BCUT2D eigenvalue weighted by Crippen LogP contribution is -2.39. The van der Waals surface area contributed by atoms with E-state index in [1.165, 1.54) is 4.88 Å². The highest BCUT2D eigenvalue weighted by atomic mass is 32.2. The predicted molar refractivity (Wildman–Crippen MR) is 71.8 cm³/mol. The smallest absolute Gasteiger partial charge is 0.212 e. The van der Waals surface area contributed by atoms with E-state index >= 15 is 0 Å². The summed E-state index contributed by atoms with van der Waals surface area (Å²) >= 11 is 1.80. The van der Waals surface area contributed by atoms with Crippen LogP contribution >= 0.6 is 11.3 Å². The Morgan fingerprint density at radius 3 is 2.65 bits per heavy atom. The maximum absolute atomic E-state index is 11.7. The minimum absolute atomic E-state index is 0.225. The molecule has 2 heterocycles. The van der Waals surface area contributed by atoms with Gasteiger partial charge in [0, 0.05) is 18.0 Å². The summed E-state index contributed by atoms with van der Waals surface area (Å²) in [6, 6.07) is 4.25. The molecule has 0 amide bonds. The fourth-order valence-electron chi connectivity index (χ4n) is 2.29. The SMILES string of the molecule is CCS(=O)(=O)N1CCC(Cc2cccs2)CC1. The van der Waals surface area contributed by atoms with Gasteiger partial charge in [0.15, 0.2) is 0 Å². The third-order valence-corrected chi connectivity index (χ3v) is 6.18. The van der Waals surface area contributed by atoms with Gasteiger partial charge in [-0.25, -0.2) is 12.7 Å². The molecule has 2 rings (SSSR count). The fraction of sp³-hybridized carbons (Fsp3) is 0.667. The fourth-order valence-corrected chi connectivity index (χ4v) is 4.24. The van der Waals surface area contributed by atoms with Gasteiger partial charge in [0.2, 0.25) is 10.0 Å². The molecule has 5 heteroatoms. The van der Waals surface area contributed by atoms with Gasteiger partial charge in [0.25, 0.3) is 0 Å². The second-order valence-electron chi connectivity index (χ2n) is 4.53. The Balaban J connectivity index is 1.86. The highest BCUT2D eigenvalue weighted by Crippen LogP contribution is 2.25. The Morgan fingerprint density at radius 1 is 1.41 bits per heavy atom. The van der Waals surface area contributed by atoms with Gasteiger partial charge in [-0.05, 0) is 43.6 Å². The maximum Gasteiger partial charge on any atom is 0.213 e. The topological polar surface area (TPSA) is 37.4 Å². The Labute approximate surface area is 108 Å². The van der Waals surface area contributed by atoms with Crippen molar-refractivity contribution in [1.29, 1.82) is 0 Å². The molecule has 1 aromatic heterocycles. The molecule has 1 aromatic rings. The van der Waals surface area contributed by atoms with E-state index in [0.717, 1.165) is 19.3 Å². The first-order valence-electron chi connectivity index (χ1n) is 6.12. The average Bonchev–Trinajstić information content (AvgIpc) is 2.83. The molecular formula is C12H19NO2S2. The van der Waals surface area contributed by atoms with E-state index in [-0.39, 0.29) is 5.75 Å². The van der Waals surface area contributed by atoms with Crippen molar-refractivity contribution in [3.05, 3.63) is 22.4 Å². The van der Waals surface area contributed by atoms with Crippen LogP contribution in [0.5, 0.6) is 0 Å². The number of thiophene rings is 1. The molecule has 0 aromatic carbocycles.